The van der Waals surface area contributed by atoms with Crippen LogP contribution in [0, 0.1) is 12.8 Å². The highest BCUT2D eigenvalue weighted by Gasteiger charge is 2.25. The summed E-state index contributed by atoms with van der Waals surface area (Å²) in [5.41, 5.74) is 10.5. The van der Waals surface area contributed by atoms with Crippen molar-refractivity contribution in [3.05, 3.63) is 48.3 Å². The van der Waals surface area contributed by atoms with Crippen molar-refractivity contribution < 1.29 is 9.90 Å². The zero-order valence-electron chi connectivity index (χ0n) is 15.2. The minimum Gasteiger partial charge on any atom is -0.391 e. The van der Waals surface area contributed by atoms with Crippen LogP contribution in [0.4, 0.5) is 5.69 Å². The van der Waals surface area contributed by atoms with Crippen molar-refractivity contribution in [2.75, 3.05) is 5.32 Å². The molecule has 2 heterocycles. The highest BCUT2D eigenvalue weighted by molar-refractivity contribution is 5.97. The number of fused-ring (bicyclic) bond motifs is 1. The van der Waals surface area contributed by atoms with E-state index in [1.54, 1.807) is 6.20 Å². The lowest BCUT2D eigenvalue weighted by molar-refractivity contribution is -0.120. The molecule has 0 saturated carbocycles. The van der Waals surface area contributed by atoms with Crippen molar-refractivity contribution in [3.8, 4) is 11.1 Å². The Balaban J connectivity index is 1.84. The molecule has 6 heteroatoms. The Morgan fingerprint density at radius 2 is 2.00 bits per heavy atom. The van der Waals surface area contributed by atoms with Crippen LogP contribution < -0.4 is 11.1 Å². The molecule has 0 radical (unpaired) electrons. The number of nitrogens with two attached hydrogens (primary N) is 1. The van der Waals surface area contributed by atoms with Crippen LogP contribution in [0.1, 0.15) is 19.4 Å². The summed E-state index contributed by atoms with van der Waals surface area (Å²) < 4.78 is 0. The first-order chi connectivity index (χ1) is 12.4. The van der Waals surface area contributed by atoms with Crippen molar-refractivity contribution >= 4 is 22.6 Å². The number of anilines is 1. The second-order valence-corrected chi connectivity index (χ2v) is 6.88. The average molecular weight is 352 g/mol. The van der Waals surface area contributed by atoms with E-state index in [0.717, 1.165) is 27.7 Å². The van der Waals surface area contributed by atoms with Gasteiger partial charge in [-0.2, -0.15) is 0 Å². The van der Waals surface area contributed by atoms with E-state index in [-0.39, 0.29) is 5.92 Å². The Morgan fingerprint density at radius 1 is 1.23 bits per heavy atom. The number of H-pyrrole nitrogens is 1. The van der Waals surface area contributed by atoms with Gasteiger partial charge in [-0.1, -0.05) is 19.9 Å². The molecule has 136 valence electrons. The number of carbonyl (C=O) groups excluding carboxylic acids is 1. The molecule has 0 aliphatic carbocycles. The van der Waals surface area contributed by atoms with E-state index in [2.05, 4.69) is 15.3 Å². The molecular weight excluding hydrogens is 328 g/mol. The molecule has 2 aromatic heterocycles. The second kappa shape index (κ2) is 7.27. The molecule has 6 nitrogen and oxygen atoms in total. The standard InChI is InChI=1S/C20H24N4O2/c1-11(2)18(25)17(21)20(26)24-13-4-5-14(12(3)10-13)15-6-8-22-19-16(15)7-9-23-19/h4-11,17-18,25H,21H2,1-3H3,(H,22,23)(H,24,26)/t17-,18+/m1/s1. The van der Waals surface area contributed by atoms with Gasteiger partial charge in [-0.15, -0.1) is 0 Å². The predicted octanol–water partition coefficient (Wildman–Crippen LogP) is 2.82. The largest absolute Gasteiger partial charge is 0.391 e. The summed E-state index contributed by atoms with van der Waals surface area (Å²) in [4.78, 5) is 19.7. The van der Waals surface area contributed by atoms with Gasteiger partial charge in [0.05, 0.1) is 6.10 Å². The zero-order chi connectivity index (χ0) is 18.8. The Hall–Kier alpha value is -2.70. The third-order valence-corrected chi connectivity index (χ3v) is 4.60. The minimum absolute atomic E-state index is 0.0877. The Bertz CT molecular complexity index is 932. The monoisotopic (exact) mass is 352 g/mol. The first-order valence-corrected chi connectivity index (χ1v) is 8.66. The van der Waals surface area contributed by atoms with E-state index in [1.807, 2.05) is 57.3 Å². The Kier molecular flexibility index (Phi) is 5.06. The number of carbonyl (C=O) groups is 1. The lowest BCUT2D eigenvalue weighted by atomic mass is 9.98. The quantitative estimate of drug-likeness (QED) is 0.567. The van der Waals surface area contributed by atoms with Crippen LogP contribution in [0.5, 0.6) is 0 Å². The normalized spacial score (nSPS) is 13.8. The van der Waals surface area contributed by atoms with Crippen LogP contribution in [0.15, 0.2) is 42.7 Å². The average Bonchev–Trinajstić information content (AvgIpc) is 3.09. The molecule has 1 aromatic carbocycles. The van der Waals surface area contributed by atoms with E-state index in [4.69, 9.17) is 5.73 Å². The molecule has 0 spiro atoms. The van der Waals surface area contributed by atoms with Crippen LogP contribution >= 0.6 is 0 Å². The number of nitrogens with zero attached hydrogens (tertiary/aromatic N) is 1. The predicted molar refractivity (Wildman–Crippen MR) is 104 cm³/mol. The van der Waals surface area contributed by atoms with Crippen molar-refractivity contribution in [1.82, 2.24) is 9.97 Å². The maximum Gasteiger partial charge on any atom is 0.243 e. The van der Waals surface area contributed by atoms with Gasteiger partial charge >= 0.3 is 0 Å². The van der Waals surface area contributed by atoms with Crippen LogP contribution in [0.2, 0.25) is 0 Å². The SMILES string of the molecule is Cc1cc(NC(=O)[C@H](N)[C@@H](O)C(C)C)ccc1-c1ccnc2[nH]ccc12. The molecule has 2 atom stereocenters. The number of aliphatic hydroxyl groups excluding tert-OH is 1. The Labute approximate surface area is 152 Å². The maximum absolute atomic E-state index is 12.3. The number of aryl methyl sites for hydroxylation is 1. The molecule has 0 fully saturated rings. The molecule has 3 aromatic rings. The van der Waals surface area contributed by atoms with E-state index in [1.165, 1.54) is 0 Å². The number of nitrogens with one attached hydrogen (secondary N) is 2. The molecule has 0 aliphatic heterocycles. The van der Waals surface area contributed by atoms with Gasteiger partial charge < -0.3 is 21.1 Å². The van der Waals surface area contributed by atoms with Gasteiger partial charge in [0, 0.05) is 23.5 Å². The molecular formula is C20H24N4O2. The highest BCUT2D eigenvalue weighted by atomic mass is 16.3. The molecule has 5 N–H and O–H groups in total. The van der Waals surface area contributed by atoms with Crippen LogP contribution in [-0.4, -0.2) is 33.1 Å². The fourth-order valence-corrected chi connectivity index (χ4v) is 3.03. The number of aromatic nitrogens is 2. The van der Waals surface area contributed by atoms with E-state index >= 15 is 0 Å². The van der Waals surface area contributed by atoms with Gasteiger partial charge in [-0.25, -0.2) is 4.98 Å². The maximum atomic E-state index is 12.3. The Morgan fingerprint density at radius 3 is 2.69 bits per heavy atom. The fourth-order valence-electron chi connectivity index (χ4n) is 3.03. The number of pyridine rings is 1. The second-order valence-electron chi connectivity index (χ2n) is 6.88. The summed E-state index contributed by atoms with van der Waals surface area (Å²) in [6.07, 6.45) is 2.76. The van der Waals surface area contributed by atoms with Gasteiger partial charge in [0.15, 0.2) is 0 Å². The summed E-state index contributed by atoms with van der Waals surface area (Å²) in [6, 6.07) is 8.73. The lowest BCUT2D eigenvalue weighted by Gasteiger charge is -2.21. The number of hydrogen-bond donors (Lipinski definition) is 4. The van der Waals surface area contributed by atoms with Crippen LogP contribution in [0.25, 0.3) is 22.2 Å². The summed E-state index contributed by atoms with van der Waals surface area (Å²) >= 11 is 0. The van der Waals surface area contributed by atoms with Gasteiger partial charge in [0.2, 0.25) is 5.91 Å². The number of rotatable bonds is 5. The molecule has 0 unspecified atom stereocenters. The van der Waals surface area contributed by atoms with Crippen LogP contribution in [0.3, 0.4) is 0 Å². The first kappa shape index (κ1) is 18.1. The number of hydrogen-bond acceptors (Lipinski definition) is 4. The number of amides is 1. The third kappa shape index (κ3) is 3.47. The topological polar surface area (TPSA) is 104 Å². The molecule has 26 heavy (non-hydrogen) atoms. The molecule has 0 saturated heterocycles. The molecule has 1 amide bonds. The van der Waals surface area contributed by atoms with Crippen molar-refractivity contribution in [1.29, 1.82) is 0 Å². The van der Waals surface area contributed by atoms with Gasteiger partial charge in [0.25, 0.3) is 0 Å². The minimum atomic E-state index is -0.963. The summed E-state index contributed by atoms with van der Waals surface area (Å²) in [6.45, 7) is 5.65. The van der Waals surface area contributed by atoms with Gasteiger partial charge in [-0.05, 0) is 53.8 Å². The fraction of sp³-hybridized carbons (Fsp3) is 0.300. The zero-order valence-corrected chi connectivity index (χ0v) is 15.2. The number of aromatic amines is 1. The van der Waals surface area contributed by atoms with E-state index < -0.39 is 18.1 Å². The van der Waals surface area contributed by atoms with Crippen molar-refractivity contribution in [2.45, 2.75) is 32.9 Å². The number of benzene rings is 1. The van der Waals surface area contributed by atoms with E-state index in [9.17, 15) is 9.90 Å². The van der Waals surface area contributed by atoms with Crippen molar-refractivity contribution in [2.24, 2.45) is 11.7 Å². The molecule has 0 bridgehead atoms. The van der Waals surface area contributed by atoms with Gasteiger partial charge in [0.1, 0.15) is 11.7 Å². The first-order valence-electron chi connectivity index (χ1n) is 8.66. The third-order valence-electron chi connectivity index (χ3n) is 4.60. The molecule has 3 rings (SSSR count). The summed E-state index contributed by atoms with van der Waals surface area (Å²) in [5.74, 6) is -0.481. The summed E-state index contributed by atoms with van der Waals surface area (Å²) in [5, 5.41) is 13.8. The molecule has 0 aliphatic rings. The van der Waals surface area contributed by atoms with Gasteiger partial charge in [-0.3, -0.25) is 4.79 Å². The van der Waals surface area contributed by atoms with Crippen molar-refractivity contribution in [3.63, 3.8) is 0 Å². The van der Waals surface area contributed by atoms with Crippen LogP contribution in [-0.2, 0) is 4.79 Å². The highest BCUT2D eigenvalue weighted by Crippen LogP contribution is 2.31. The summed E-state index contributed by atoms with van der Waals surface area (Å²) in [7, 11) is 0. The smallest absolute Gasteiger partial charge is 0.243 e. The van der Waals surface area contributed by atoms with E-state index in [0.29, 0.717) is 5.69 Å². The lowest BCUT2D eigenvalue weighted by Crippen LogP contribution is -2.47. The number of aliphatic hydroxyl groups is 1.